The first-order chi connectivity index (χ1) is 9.32. The van der Waals surface area contributed by atoms with Crippen LogP contribution in [0.4, 0.5) is 11.4 Å². The van der Waals surface area contributed by atoms with E-state index in [0.717, 1.165) is 6.07 Å². The second-order valence-electron chi connectivity index (χ2n) is 4.61. The van der Waals surface area contributed by atoms with Gasteiger partial charge in [-0.3, -0.25) is 10.1 Å². The Morgan fingerprint density at radius 2 is 1.95 bits per heavy atom. The number of hydrogen-bond acceptors (Lipinski definition) is 6. The average molecular weight is 301 g/mol. The Morgan fingerprint density at radius 3 is 2.50 bits per heavy atom. The molecule has 1 aromatic carbocycles. The summed E-state index contributed by atoms with van der Waals surface area (Å²) in [6, 6.07) is 3.43. The highest BCUT2D eigenvalue weighted by molar-refractivity contribution is 7.89. The fraction of sp³-hybridized carbons (Fsp3) is 0.455. The first kappa shape index (κ1) is 14.7. The Bertz CT molecular complexity index is 623. The van der Waals surface area contributed by atoms with Crippen molar-refractivity contribution in [3.63, 3.8) is 0 Å². The van der Waals surface area contributed by atoms with Crippen molar-refractivity contribution in [1.29, 1.82) is 0 Å². The molecular formula is C11H15N3O5S. The predicted octanol–water partition coefficient (Wildman–Crippen LogP) is 0.322. The minimum atomic E-state index is -3.80. The van der Waals surface area contributed by atoms with Crippen LogP contribution in [-0.2, 0) is 10.0 Å². The topological polar surface area (TPSA) is 127 Å². The van der Waals surface area contributed by atoms with Crippen molar-refractivity contribution in [2.75, 3.05) is 18.8 Å². The van der Waals surface area contributed by atoms with E-state index in [1.54, 1.807) is 0 Å². The zero-order valence-electron chi connectivity index (χ0n) is 10.6. The smallest absolute Gasteiger partial charge is 0.293 e. The normalized spacial score (nSPS) is 18.1. The lowest BCUT2D eigenvalue weighted by molar-refractivity contribution is -0.384. The molecular weight excluding hydrogens is 286 g/mol. The standard InChI is InChI=1S/C11H15N3O5S/c12-10-2-1-9(7-11(10)14(16)17)20(18,19)13-5-3-8(15)4-6-13/h1-2,7-8,15H,3-6,12H2. The number of anilines is 1. The third kappa shape index (κ3) is 2.74. The van der Waals surface area contributed by atoms with Crippen molar-refractivity contribution in [3.8, 4) is 0 Å². The van der Waals surface area contributed by atoms with Gasteiger partial charge in [-0.1, -0.05) is 0 Å². The Morgan fingerprint density at radius 1 is 1.35 bits per heavy atom. The third-order valence-electron chi connectivity index (χ3n) is 3.26. The van der Waals surface area contributed by atoms with E-state index in [-0.39, 0.29) is 23.7 Å². The van der Waals surface area contributed by atoms with Gasteiger partial charge in [-0.05, 0) is 25.0 Å². The molecule has 3 N–H and O–H groups in total. The molecule has 20 heavy (non-hydrogen) atoms. The number of nitrogen functional groups attached to an aromatic ring is 1. The molecule has 0 aromatic heterocycles. The number of rotatable bonds is 3. The second kappa shape index (κ2) is 5.35. The van der Waals surface area contributed by atoms with Gasteiger partial charge in [-0.2, -0.15) is 4.31 Å². The fourth-order valence-corrected chi connectivity index (χ4v) is 3.56. The highest BCUT2D eigenvalue weighted by Gasteiger charge is 2.30. The lowest BCUT2D eigenvalue weighted by Crippen LogP contribution is -2.40. The molecule has 1 aliphatic rings. The molecule has 1 fully saturated rings. The number of aliphatic hydroxyl groups excluding tert-OH is 1. The van der Waals surface area contributed by atoms with Crippen LogP contribution in [0.25, 0.3) is 0 Å². The van der Waals surface area contributed by atoms with Gasteiger partial charge in [0.25, 0.3) is 5.69 Å². The van der Waals surface area contributed by atoms with E-state index in [0.29, 0.717) is 12.8 Å². The molecule has 0 spiro atoms. The van der Waals surface area contributed by atoms with Crippen LogP contribution >= 0.6 is 0 Å². The van der Waals surface area contributed by atoms with Gasteiger partial charge in [-0.15, -0.1) is 0 Å². The molecule has 1 saturated heterocycles. The predicted molar refractivity (Wildman–Crippen MR) is 71.5 cm³/mol. The van der Waals surface area contributed by atoms with Gasteiger partial charge in [0.1, 0.15) is 5.69 Å². The highest BCUT2D eigenvalue weighted by Crippen LogP contribution is 2.27. The number of sulfonamides is 1. The Hall–Kier alpha value is -1.71. The maximum atomic E-state index is 12.4. The van der Waals surface area contributed by atoms with E-state index in [1.807, 2.05) is 0 Å². The van der Waals surface area contributed by atoms with Crippen LogP contribution in [0.2, 0.25) is 0 Å². The summed E-state index contributed by atoms with van der Waals surface area (Å²) in [6.45, 7) is 0.392. The maximum Gasteiger partial charge on any atom is 0.293 e. The van der Waals surface area contributed by atoms with Crippen molar-refractivity contribution in [2.45, 2.75) is 23.8 Å². The summed E-state index contributed by atoms with van der Waals surface area (Å²) >= 11 is 0. The van der Waals surface area contributed by atoms with Crippen LogP contribution in [0.5, 0.6) is 0 Å². The minimum Gasteiger partial charge on any atom is -0.393 e. The molecule has 1 aromatic rings. The number of aliphatic hydroxyl groups is 1. The Balaban J connectivity index is 2.35. The van der Waals surface area contributed by atoms with Gasteiger partial charge < -0.3 is 10.8 Å². The summed E-state index contributed by atoms with van der Waals surface area (Å²) in [5.74, 6) is 0. The number of hydrogen-bond donors (Lipinski definition) is 2. The zero-order valence-corrected chi connectivity index (χ0v) is 11.4. The average Bonchev–Trinajstić information content (AvgIpc) is 2.39. The van der Waals surface area contributed by atoms with Gasteiger partial charge >= 0.3 is 0 Å². The Kier molecular flexibility index (Phi) is 3.93. The molecule has 0 radical (unpaired) electrons. The summed E-state index contributed by atoms with van der Waals surface area (Å²) < 4.78 is 25.9. The van der Waals surface area contributed by atoms with Crippen molar-refractivity contribution in [3.05, 3.63) is 28.3 Å². The van der Waals surface area contributed by atoms with E-state index in [9.17, 15) is 23.6 Å². The van der Waals surface area contributed by atoms with Crippen LogP contribution in [-0.4, -0.2) is 41.9 Å². The van der Waals surface area contributed by atoms with Crippen molar-refractivity contribution in [2.24, 2.45) is 0 Å². The third-order valence-corrected chi connectivity index (χ3v) is 5.15. The second-order valence-corrected chi connectivity index (χ2v) is 6.55. The molecule has 0 bridgehead atoms. The quantitative estimate of drug-likeness (QED) is 0.470. The number of benzene rings is 1. The van der Waals surface area contributed by atoms with Crippen molar-refractivity contribution >= 4 is 21.4 Å². The molecule has 2 rings (SSSR count). The number of nitro benzene ring substituents is 1. The van der Waals surface area contributed by atoms with Crippen LogP contribution in [0.1, 0.15) is 12.8 Å². The molecule has 1 aliphatic heterocycles. The van der Waals surface area contributed by atoms with E-state index >= 15 is 0 Å². The van der Waals surface area contributed by atoms with Crippen LogP contribution in [0.15, 0.2) is 23.1 Å². The van der Waals surface area contributed by atoms with Gasteiger partial charge in [0, 0.05) is 19.2 Å². The molecule has 8 nitrogen and oxygen atoms in total. The molecule has 0 aliphatic carbocycles. The van der Waals surface area contributed by atoms with E-state index in [4.69, 9.17) is 5.73 Å². The zero-order chi connectivity index (χ0) is 14.9. The monoisotopic (exact) mass is 301 g/mol. The lowest BCUT2D eigenvalue weighted by Gasteiger charge is -2.28. The van der Waals surface area contributed by atoms with E-state index in [1.165, 1.54) is 16.4 Å². The molecule has 110 valence electrons. The van der Waals surface area contributed by atoms with Crippen molar-refractivity contribution < 1.29 is 18.4 Å². The first-order valence-electron chi connectivity index (χ1n) is 6.04. The summed E-state index contributed by atoms with van der Waals surface area (Å²) in [5, 5.41) is 20.2. The van der Waals surface area contributed by atoms with Gasteiger partial charge in [-0.25, -0.2) is 8.42 Å². The largest absolute Gasteiger partial charge is 0.393 e. The summed E-state index contributed by atoms with van der Waals surface area (Å²) in [5.41, 5.74) is 4.94. The number of nitrogens with two attached hydrogens (primary N) is 1. The molecule has 0 atom stereocenters. The van der Waals surface area contributed by atoms with E-state index in [2.05, 4.69) is 0 Å². The minimum absolute atomic E-state index is 0.0805. The molecule has 1 heterocycles. The van der Waals surface area contributed by atoms with Gasteiger partial charge in [0.05, 0.1) is 15.9 Å². The van der Waals surface area contributed by atoms with Crippen LogP contribution in [0, 0.1) is 10.1 Å². The first-order valence-corrected chi connectivity index (χ1v) is 7.48. The molecule has 0 saturated carbocycles. The fourth-order valence-electron chi connectivity index (χ4n) is 2.07. The highest BCUT2D eigenvalue weighted by atomic mass is 32.2. The summed E-state index contributed by atoms with van der Waals surface area (Å²) in [4.78, 5) is 9.93. The van der Waals surface area contributed by atoms with Crippen LogP contribution < -0.4 is 5.73 Å². The number of piperidine rings is 1. The van der Waals surface area contributed by atoms with E-state index < -0.39 is 26.7 Å². The van der Waals surface area contributed by atoms with Gasteiger partial charge in [0.15, 0.2) is 0 Å². The summed E-state index contributed by atoms with van der Waals surface area (Å²) in [6.07, 6.45) is 0.217. The molecule has 9 heteroatoms. The number of nitro groups is 1. The summed E-state index contributed by atoms with van der Waals surface area (Å²) in [7, 11) is -3.80. The van der Waals surface area contributed by atoms with Crippen LogP contribution in [0.3, 0.4) is 0 Å². The molecule has 0 amide bonds. The molecule has 0 unspecified atom stereocenters. The maximum absolute atomic E-state index is 12.4. The SMILES string of the molecule is Nc1ccc(S(=O)(=O)N2CCC(O)CC2)cc1[N+](=O)[O-]. The lowest BCUT2D eigenvalue weighted by atomic mass is 10.1. The number of nitrogens with zero attached hydrogens (tertiary/aromatic N) is 2. The van der Waals surface area contributed by atoms with Crippen molar-refractivity contribution in [1.82, 2.24) is 4.31 Å². The van der Waals surface area contributed by atoms with Gasteiger partial charge in [0.2, 0.25) is 10.0 Å². The Labute approximate surface area is 116 Å².